The van der Waals surface area contributed by atoms with Gasteiger partial charge in [-0.05, 0) is 67.9 Å². The molecule has 1 saturated heterocycles. The second-order valence-corrected chi connectivity index (χ2v) is 7.71. The maximum Gasteiger partial charge on any atom is 0.291 e. The number of halogens is 1. The molecule has 4 rings (SSSR count). The Hall–Kier alpha value is -2.79. The van der Waals surface area contributed by atoms with Gasteiger partial charge in [0.25, 0.3) is 5.91 Å². The van der Waals surface area contributed by atoms with Gasteiger partial charge in [0.15, 0.2) is 11.7 Å². The third kappa shape index (κ3) is 6.84. The number of rotatable bonds is 8. The Labute approximate surface area is 210 Å². The summed E-state index contributed by atoms with van der Waals surface area (Å²) < 4.78 is 10.8. The number of carbonyl (C=O) groups excluding carboxylic acids is 1. The van der Waals surface area contributed by atoms with E-state index in [1.165, 1.54) is 19.1 Å². The number of hydrogen-bond acceptors (Lipinski definition) is 5. The van der Waals surface area contributed by atoms with E-state index in [9.17, 15) is 4.79 Å². The van der Waals surface area contributed by atoms with Gasteiger partial charge in [-0.1, -0.05) is 12.1 Å². The third-order valence-electron chi connectivity index (χ3n) is 5.56. The monoisotopic (exact) mass is 563 g/mol. The lowest BCUT2D eigenvalue weighted by Gasteiger charge is -2.26. The average molecular weight is 563 g/mol. The number of hydrogen-bond donors (Lipinski definition) is 3. The van der Waals surface area contributed by atoms with E-state index in [0.717, 1.165) is 30.4 Å². The van der Waals surface area contributed by atoms with E-state index in [1.54, 1.807) is 25.4 Å². The first kappa shape index (κ1) is 24.8. The van der Waals surface area contributed by atoms with Crippen LogP contribution >= 0.6 is 24.0 Å². The highest BCUT2D eigenvalue weighted by molar-refractivity contribution is 14.0. The smallest absolute Gasteiger partial charge is 0.291 e. The largest absolute Gasteiger partial charge is 0.468 e. The van der Waals surface area contributed by atoms with Gasteiger partial charge in [0, 0.05) is 25.8 Å². The minimum absolute atomic E-state index is 0. The standard InChI is InChI=1S/C24H29N5O3.HI/c1-25-24(27-17-20(21-6-4-14-31-21)29-12-2-3-13-29)26-16-18-8-10-19(11-9-18)28-23(30)22-7-5-15-32-22;/h4-11,14-15,20H,2-3,12-13,16-17H2,1H3,(H,28,30)(H2,25,26,27);1H. The minimum Gasteiger partial charge on any atom is -0.468 e. The van der Waals surface area contributed by atoms with Crippen LogP contribution < -0.4 is 16.0 Å². The van der Waals surface area contributed by atoms with Gasteiger partial charge in [0.05, 0.1) is 18.6 Å². The van der Waals surface area contributed by atoms with Crippen molar-refractivity contribution in [2.75, 3.05) is 32.0 Å². The fourth-order valence-electron chi connectivity index (χ4n) is 3.85. The van der Waals surface area contributed by atoms with Crippen molar-refractivity contribution in [3.05, 3.63) is 78.1 Å². The van der Waals surface area contributed by atoms with Gasteiger partial charge >= 0.3 is 0 Å². The highest BCUT2D eigenvalue weighted by Gasteiger charge is 2.25. The summed E-state index contributed by atoms with van der Waals surface area (Å²) in [6, 6.07) is 15.1. The quantitative estimate of drug-likeness (QED) is 0.216. The molecular formula is C24H30IN5O3. The van der Waals surface area contributed by atoms with Gasteiger partial charge in [0.1, 0.15) is 5.76 Å². The van der Waals surface area contributed by atoms with Gasteiger partial charge in [-0.15, -0.1) is 24.0 Å². The molecule has 3 N–H and O–H groups in total. The zero-order valence-corrected chi connectivity index (χ0v) is 21.0. The molecule has 9 heteroatoms. The first-order chi connectivity index (χ1) is 15.7. The normalized spacial score (nSPS) is 15.0. The highest BCUT2D eigenvalue weighted by atomic mass is 127. The van der Waals surface area contributed by atoms with Crippen LogP contribution in [0, 0.1) is 0 Å². The molecule has 0 aliphatic carbocycles. The van der Waals surface area contributed by atoms with Crippen molar-refractivity contribution >= 4 is 41.5 Å². The lowest BCUT2D eigenvalue weighted by Crippen LogP contribution is -2.42. The van der Waals surface area contributed by atoms with Gasteiger partial charge < -0.3 is 24.8 Å². The Morgan fingerprint density at radius 2 is 1.76 bits per heavy atom. The Balaban J connectivity index is 0.00000306. The summed E-state index contributed by atoms with van der Waals surface area (Å²) >= 11 is 0. The number of furan rings is 2. The molecule has 176 valence electrons. The minimum atomic E-state index is -0.269. The highest BCUT2D eigenvalue weighted by Crippen LogP contribution is 2.24. The maximum absolute atomic E-state index is 12.1. The molecule has 0 spiro atoms. The molecule has 0 radical (unpaired) electrons. The van der Waals surface area contributed by atoms with Crippen molar-refractivity contribution < 1.29 is 13.6 Å². The van der Waals surface area contributed by atoms with Crippen LogP contribution in [0.2, 0.25) is 0 Å². The summed E-state index contributed by atoms with van der Waals surface area (Å²) in [4.78, 5) is 18.9. The van der Waals surface area contributed by atoms with Gasteiger partial charge in [-0.3, -0.25) is 14.7 Å². The van der Waals surface area contributed by atoms with Crippen LogP contribution in [0.25, 0.3) is 0 Å². The average Bonchev–Trinajstić information content (AvgIpc) is 3.60. The van der Waals surface area contributed by atoms with Crippen LogP contribution in [0.3, 0.4) is 0 Å². The SMILES string of the molecule is CN=C(NCc1ccc(NC(=O)c2ccco2)cc1)NCC(c1ccco1)N1CCCC1.I. The van der Waals surface area contributed by atoms with Gasteiger partial charge in [-0.25, -0.2) is 0 Å². The van der Waals surface area contributed by atoms with Crippen LogP contribution in [-0.2, 0) is 6.54 Å². The Morgan fingerprint density at radius 1 is 1.03 bits per heavy atom. The molecule has 1 fully saturated rings. The molecule has 1 aromatic carbocycles. The molecule has 1 aliphatic heterocycles. The van der Waals surface area contributed by atoms with E-state index in [2.05, 4.69) is 25.8 Å². The summed E-state index contributed by atoms with van der Waals surface area (Å²) in [6.07, 6.45) is 5.66. The van der Waals surface area contributed by atoms with E-state index < -0.39 is 0 Å². The predicted molar refractivity (Wildman–Crippen MR) is 139 cm³/mol. The van der Waals surface area contributed by atoms with E-state index >= 15 is 0 Å². The van der Waals surface area contributed by atoms with Crippen molar-refractivity contribution in [2.24, 2.45) is 4.99 Å². The number of amides is 1. The predicted octanol–water partition coefficient (Wildman–Crippen LogP) is 4.25. The van der Waals surface area contributed by atoms with Gasteiger partial charge in [-0.2, -0.15) is 0 Å². The fourth-order valence-corrected chi connectivity index (χ4v) is 3.85. The molecule has 2 aromatic heterocycles. The molecule has 1 unspecified atom stereocenters. The van der Waals surface area contributed by atoms with Crippen LogP contribution in [0.5, 0.6) is 0 Å². The molecule has 33 heavy (non-hydrogen) atoms. The van der Waals surface area contributed by atoms with E-state index in [0.29, 0.717) is 18.8 Å². The number of aliphatic imine (C=N–C) groups is 1. The molecule has 3 heterocycles. The maximum atomic E-state index is 12.1. The van der Waals surface area contributed by atoms with Crippen LogP contribution in [0.1, 0.15) is 40.8 Å². The van der Waals surface area contributed by atoms with Crippen molar-refractivity contribution in [3.8, 4) is 0 Å². The Kier molecular flexibility index (Phi) is 9.37. The zero-order chi connectivity index (χ0) is 22.2. The van der Waals surface area contributed by atoms with E-state index in [-0.39, 0.29) is 41.7 Å². The summed E-state index contributed by atoms with van der Waals surface area (Å²) in [5.41, 5.74) is 1.79. The number of nitrogens with one attached hydrogen (secondary N) is 3. The lowest BCUT2D eigenvalue weighted by molar-refractivity contribution is 0.0996. The second kappa shape index (κ2) is 12.4. The summed E-state index contributed by atoms with van der Waals surface area (Å²) in [6.45, 7) is 3.50. The first-order valence-electron chi connectivity index (χ1n) is 10.9. The number of carbonyl (C=O) groups is 1. The number of likely N-dealkylation sites (tertiary alicyclic amines) is 1. The van der Waals surface area contributed by atoms with Gasteiger partial charge in [0.2, 0.25) is 0 Å². The van der Waals surface area contributed by atoms with Crippen molar-refractivity contribution in [1.82, 2.24) is 15.5 Å². The molecule has 1 atom stereocenters. The van der Waals surface area contributed by atoms with E-state index in [1.807, 2.05) is 36.4 Å². The number of anilines is 1. The van der Waals surface area contributed by atoms with Crippen molar-refractivity contribution in [1.29, 1.82) is 0 Å². The lowest BCUT2D eigenvalue weighted by atomic mass is 10.2. The summed E-state index contributed by atoms with van der Waals surface area (Å²) in [5.74, 6) is 1.72. The van der Waals surface area contributed by atoms with Crippen LogP contribution in [-0.4, -0.2) is 43.4 Å². The van der Waals surface area contributed by atoms with Crippen molar-refractivity contribution in [2.45, 2.75) is 25.4 Å². The Morgan fingerprint density at radius 3 is 2.39 bits per heavy atom. The number of nitrogens with zero attached hydrogens (tertiary/aromatic N) is 2. The molecular weight excluding hydrogens is 533 g/mol. The van der Waals surface area contributed by atoms with Crippen LogP contribution in [0.4, 0.5) is 5.69 Å². The number of guanidine groups is 1. The molecule has 8 nitrogen and oxygen atoms in total. The third-order valence-corrected chi connectivity index (χ3v) is 5.56. The van der Waals surface area contributed by atoms with E-state index in [4.69, 9.17) is 8.83 Å². The number of benzene rings is 1. The molecule has 0 saturated carbocycles. The Bertz CT molecular complexity index is 997. The zero-order valence-electron chi connectivity index (χ0n) is 18.6. The molecule has 0 bridgehead atoms. The molecule has 1 aliphatic rings. The molecule has 3 aromatic rings. The van der Waals surface area contributed by atoms with Crippen molar-refractivity contribution in [3.63, 3.8) is 0 Å². The topological polar surface area (TPSA) is 95.0 Å². The van der Waals surface area contributed by atoms with Crippen LogP contribution in [0.15, 0.2) is 74.9 Å². The summed E-state index contributed by atoms with van der Waals surface area (Å²) in [7, 11) is 1.76. The fraction of sp³-hybridized carbons (Fsp3) is 0.333. The first-order valence-corrected chi connectivity index (χ1v) is 10.9. The summed E-state index contributed by atoms with van der Waals surface area (Å²) in [5, 5.41) is 9.59. The molecule has 1 amide bonds. The second-order valence-electron chi connectivity index (χ2n) is 7.71.